The van der Waals surface area contributed by atoms with E-state index >= 15 is 0 Å². The predicted octanol–water partition coefficient (Wildman–Crippen LogP) is 1.31. The number of likely N-dealkylation sites (tertiary alicyclic amines) is 1. The number of rotatable bonds is 4. The molecule has 0 radical (unpaired) electrons. The van der Waals surface area contributed by atoms with Crippen LogP contribution in [0.2, 0.25) is 0 Å². The maximum Gasteiger partial charge on any atom is 0.407 e. The molecule has 0 aromatic carbocycles. The van der Waals surface area contributed by atoms with Crippen molar-refractivity contribution in [3.63, 3.8) is 0 Å². The Morgan fingerprint density at radius 1 is 1.65 bits per heavy atom. The van der Waals surface area contributed by atoms with E-state index < -0.39 is 23.5 Å². The van der Waals surface area contributed by atoms with Gasteiger partial charge >= 0.3 is 12.1 Å². The topological polar surface area (TPSA) is 127 Å². The highest BCUT2D eigenvalue weighted by Crippen LogP contribution is 2.34. The fraction of sp³-hybridized carbons (Fsp3) is 0.556. The van der Waals surface area contributed by atoms with Crippen molar-refractivity contribution in [3.8, 4) is 0 Å². The van der Waals surface area contributed by atoms with Gasteiger partial charge in [-0.05, 0) is 12.0 Å². The summed E-state index contributed by atoms with van der Waals surface area (Å²) in [4.78, 5) is 25.6. The van der Waals surface area contributed by atoms with E-state index in [1.165, 1.54) is 6.08 Å². The third-order valence-corrected chi connectivity index (χ3v) is 2.86. The van der Waals surface area contributed by atoms with Crippen LogP contribution < -0.4 is 0 Å². The first-order chi connectivity index (χ1) is 7.97. The van der Waals surface area contributed by atoms with E-state index in [1.807, 2.05) is 0 Å². The van der Waals surface area contributed by atoms with Crippen molar-refractivity contribution >= 4 is 12.1 Å². The van der Waals surface area contributed by atoms with Crippen molar-refractivity contribution in [2.45, 2.75) is 12.0 Å². The standard InChI is InChI=1S/C9H12N4O4/c1-2-3-6-4-13(8(16)17)5-9(6,7(14)15)11-12-10/h2,6H,1,3-5H2,(H,14,15)(H,16,17)/t6-,9-/m1/s1. The molecule has 0 aromatic rings. The Labute approximate surface area is 96.8 Å². The van der Waals surface area contributed by atoms with Crippen molar-refractivity contribution in [2.24, 2.45) is 11.0 Å². The van der Waals surface area contributed by atoms with Gasteiger partial charge in [0.15, 0.2) is 5.54 Å². The number of allylic oxidation sites excluding steroid dienone is 1. The van der Waals surface area contributed by atoms with E-state index in [9.17, 15) is 14.7 Å². The largest absolute Gasteiger partial charge is 0.481 e. The number of carboxylic acid groups (broad SMARTS) is 2. The van der Waals surface area contributed by atoms with Crippen LogP contribution in [-0.4, -0.2) is 45.8 Å². The maximum absolute atomic E-state index is 11.2. The first-order valence-corrected chi connectivity index (χ1v) is 4.86. The van der Waals surface area contributed by atoms with Crippen LogP contribution in [0.4, 0.5) is 4.79 Å². The Morgan fingerprint density at radius 3 is 2.71 bits per heavy atom. The summed E-state index contributed by atoms with van der Waals surface area (Å²) >= 11 is 0. The summed E-state index contributed by atoms with van der Waals surface area (Å²) in [5, 5.41) is 21.3. The molecule has 1 amide bonds. The zero-order valence-corrected chi connectivity index (χ0v) is 8.98. The summed E-state index contributed by atoms with van der Waals surface area (Å²) < 4.78 is 0. The van der Waals surface area contributed by atoms with Crippen molar-refractivity contribution in [3.05, 3.63) is 23.1 Å². The van der Waals surface area contributed by atoms with Gasteiger partial charge in [-0.2, -0.15) is 0 Å². The molecule has 0 saturated carbocycles. The van der Waals surface area contributed by atoms with Gasteiger partial charge in [0, 0.05) is 23.9 Å². The van der Waals surface area contributed by atoms with Crippen molar-refractivity contribution in [2.75, 3.05) is 13.1 Å². The minimum atomic E-state index is -1.73. The molecule has 0 aromatic heterocycles. The molecular formula is C9H12N4O4. The van der Waals surface area contributed by atoms with Gasteiger partial charge in [-0.15, -0.1) is 6.58 Å². The third-order valence-electron chi connectivity index (χ3n) is 2.86. The Bertz CT molecular complexity index is 400. The fourth-order valence-electron chi connectivity index (χ4n) is 2.00. The highest BCUT2D eigenvalue weighted by atomic mass is 16.4. The van der Waals surface area contributed by atoms with Crippen LogP contribution in [0.3, 0.4) is 0 Å². The lowest BCUT2D eigenvalue weighted by Gasteiger charge is -2.23. The van der Waals surface area contributed by atoms with Crippen LogP contribution in [0.1, 0.15) is 6.42 Å². The summed E-state index contributed by atoms with van der Waals surface area (Å²) in [7, 11) is 0. The summed E-state index contributed by atoms with van der Waals surface area (Å²) in [6, 6.07) is 0. The second kappa shape index (κ2) is 4.75. The molecule has 1 saturated heterocycles. The molecule has 1 rings (SSSR count). The number of amides is 1. The molecule has 2 atom stereocenters. The fourth-order valence-corrected chi connectivity index (χ4v) is 2.00. The molecule has 0 unspecified atom stereocenters. The van der Waals surface area contributed by atoms with Gasteiger partial charge in [-0.25, -0.2) is 4.79 Å². The molecule has 1 aliphatic heterocycles. The van der Waals surface area contributed by atoms with E-state index in [1.54, 1.807) is 0 Å². The zero-order valence-electron chi connectivity index (χ0n) is 8.98. The first kappa shape index (κ1) is 12.9. The molecule has 1 aliphatic rings. The Hall–Kier alpha value is -2.21. The predicted molar refractivity (Wildman–Crippen MR) is 57.4 cm³/mol. The van der Waals surface area contributed by atoms with Crippen molar-refractivity contribution in [1.29, 1.82) is 0 Å². The van der Waals surface area contributed by atoms with E-state index in [-0.39, 0.29) is 19.5 Å². The van der Waals surface area contributed by atoms with Crippen LogP contribution in [0.25, 0.3) is 10.4 Å². The van der Waals surface area contributed by atoms with Crippen LogP contribution in [0.15, 0.2) is 17.8 Å². The van der Waals surface area contributed by atoms with Gasteiger partial charge in [0.2, 0.25) is 0 Å². The monoisotopic (exact) mass is 240 g/mol. The van der Waals surface area contributed by atoms with E-state index in [2.05, 4.69) is 16.6 Å². The number of carboxylic acids is 1. The van der Waals surface area contributed by atoms with Crippen LogP contribution >= 0.6 is 0 Å². The highest BCUT2D eigenvalue weighted by molar-refractivity contribution is 5.82. The average Bonchev–Trinajstić information content (AvgIpc) is 2.60. The normalized spacial score (nSPS) is 27.3. The zero-order chi connectivity index (χ0) is 13.1. The van der Waals surface area contributed by atoms with E-state index in [4.69, 9.17) is 10.6 Å². The summed E-state index contributed by atoms with van der Waals surface area (Å²) in [6.07, 6.45) is 0.533. The number of aliphatic carboxylic acids is 1. The molecule has 0 bridgehead atoms. The van der Waals surface area contributed by atoms with E-state index in [0.29, 0.717) is 0 Å². The number of carbonyl (C=O) groups is 2. The van der Waals surface area contributed by atoms with Crippen molar-refractivity contribution in [1.82, 2.24) is 4.90 Å². The Balaban J connectivity index is 3.14. The highest BCUT2D eigenvalue weighted by Gasteiger charge is 2.53. The van der Waals surface area contributed by atoms with E-state index in [0.717, 1.165) is 4.90 Å². The third kappa shape index (κ3) is 2.16. The van der Waals surface area contributed by atoms with Crippen LogP contribution in [0, 0.1) is 5.92 Å². The molecule has 1 fully saturated rings. The second-order valence-electron chi connectivity index (χ2n) is 3.80. The van der Waals surface area contributed by atoms with Crippen LogP contribution in [-0.2, 0) is 4.79 Å². The molecule has 0 aliphatic carbocycles. The molecule has 1 heterocycles. The van der Waals surface area contributed by atoms with Gasteiger partial charge < -0.3 is 15.1 Å². The Kier molecular flexibility index (Phi) is 3.59. The molecule has 8 heteroatoms. The Morgan fingerprint density at radius 2 is 2.29 bits per heavy atom. The minimum Gasteiger partial charge on any atom is -0.481 e. The lowest BCUT2D eigenvalue weighted by atomic mass is 9.85. The van der Waals surface area contributed by atoms with Gasteiger partial charge in [0.1, 0.15) is 0 Å². The van der Waals surface area contributed by atoms with Gasteiger partial charge in [0.25, 0.3) is 0 Å². The lowest BCUT2D eigenvalue weighted by Crippen LogP contribution is -2.44. The van der Waals surface area contributed by atoms with Gasteiger partial charge in [-0.3, -0.25) is 4.79 Å². The van der Waals surface area contributed by atoms with Gasteiger partial charge in [0.05, 0.1) is 0 Å². The number of hydrogen-bond acceptors (Lipinski definition) is 3. The molecule has 8 nitrogen and oxygen atoms in total. The minimum absolute atomic E-state index is 0.0205. The van der Waals surface area contributed by atoms with Gasteiger partial charge in [-0.1, -0.05) is 11.2 Å². The second-order valence-corrected chi connectivity index (χ2v) is 3.80. The average molecular weight is 240 g/mol. The molecular weight excluding hydrogens is 228 g/mol. The van der Waals surface area contributed by atoms with Crippen molar-refractivity contribution < 1.29 is 19.8 Å². The molecule has 2 N–H and O–H groups in total. The maximum atomic E-state index is 11.2. The SMILES string of the molecule is C=CC[C@@H]1CN(C(=O)O)C[C@]1(N=[N+]=[N-])C(=O)O. The lowest BCUT2D eigenvalue weighted by molar-refractivity contribution is -0.144. The smallest absolute Gasteiger partial charge is 0.407 e. The molecule has 92 valence electrons. The quantitative estimate of drug-likeness (QED) is 0.332. The first-order valence-electron chi connectivity index (χ1n) is 4.86. The number of nitrogens with zero attached hydrogens (tertiary/aromatic N) is 4. The number of azide groups is 1. The summed E-state index contributed by atoms with van der Waals surface area (Å²) in [6.45, 7) is 3.17. The van der Waals surface area contributed by atoms with Crippen LogP contribution in [0.5, 0.6) is 0 Å². The number of hydrogen-bond donors (Lipinski definition) is 2. The molecule has 0 spiro atoms. The summed E-state index contributed by atoms with van der Waals surface area (Å²) in [5.41, 5.74) is 6.72. The molecule has 17 heavy (non-hydrogen) atoms. The summed E-state index contributed by atoms with van der Waals surface area (Å²) in [5.74, 6) is -1.91.